The molecule has 0 spiro atoms. The molecule has 0 unspecified atom stereocenters. The van der Waals surface area contributed by atoms with Gasteiger partial charge in [-0.1, -0.05) is 18.2 Å². The molecule has 4 heterocycles. The zero-order chi connectivity index (χ0) is 24.1. The summed E-state index contributed by atoms with van der Waals surface area (Å²) in [6.45, 7) is 0.886. The van der Waals surface area contributed by atoms with Crippen molar-refractivity contribution in [1.82, 2.24) is 24.8 Å². The predicted octanol–water partition coefficient (Wildman–Crippen LogP) is 4.14. The third-order valence-electron chi connectivity index (χ3n) is 7.30. The van der Waals surface area contributed by atoms with Gasteiger partial charge in [0.1, 0.15) is 18.2 Å². The standard InChI is InChI=1S/C26H26F3N5O/c27-15-5-6-24-23(9-15)32-26(34(24)13-18-7-16(28)11-30-18)25-21(20-3-1-2-4-22(20)31-25)10-19-8-17(29)12-33(19)14-35/h1-6,9,14,16-19,30-31H,7-8,10-13H2/t16-,17-,18-,19-/m0/s1. The Morgan fingerprint density at radius 2 is 1.97 bits per heavy atom. The Hall–Kier alpha value is -3.33. The topological polar surface area (TPSA) is 66.0 Å². The molecule has 0 saturated carbocycles. The van der Waals surface area contributed by atoms with Crippen LogP contribution in [0.5, 0.6) is 0 Å². The molecule has 4 atom stereocenters. The molecule has 6 rings (SSSR count). The van der Waals surface area contributed by atoms with Gasteiger partial charge in [-0.3, -0.25) is 4.79 Å². The van der Waals surface area contributed by atoms with Crippen LogP contribution in [0.2, 0.25) is 0 Å². The van der Waals surface area contributed by atoms with Crippen molar-refractivity contribution >= 4 is 28.3 Å². The van der Waals surface area contributed by atoms with E-state index >= 15 is 0 Å². The molecule has 2 N–H and O–H groups in total. The maximum absolute atomic E-state index is 14.2. The van der Waals surface area contributed by atoms with Crippen molar-refractivity contribution < 1.29 is 18.0 Å². The van der Waals surface area contributed by atoms with Gasteiger partial charge < -0.3 is 19.8 Å². The number of para-hydroxylation sites is 1. The van der Waals surface area contributed by atoms with E-state index in [4.69, 9.17) is 4.98 Å². The molecule has 2 aromatic carbocycles. The quantitative estimate of drug-likeness (QED) is 0.407. The van der Waals surface area contributed by atoms with Crippen LogP contribution in [0, 0.1) is 5.82 Å². The highest BCUT2D eigenvalue weighted by molar-refractivity contribution is 5.91. The summed E-state index contributed by atoms with van der Waals surface area (Å²) in [5.74, 6) is 0.239. The van der Waals surface area contributed by atoms with E-state index in [1.807, 2.05) is 28.8 Å². The minimum absolute atomic E-state index is 0.0771. The van der Waals surface area contributed by atoms with Crippen LogP contribution < -0.4 is 5.32 Å². The van der Waals surface area contributed by atoms with Crippen molar-refractivity contribution in [2.24, 2.45) is 0 Å². The fourth-order valence-electron chi connectivity index (χ4n) is 5.66. The molecule has 9 heteroatoms. The van der Waals surface area contributed by atoms with E-state index in [9.17, 15) is 18.0 Å². The molecule has 2 aliphatic rings. The Balaban J connectivity index is 1.50. The van der Waals surface area contributed by atoms with Crippen molar-refractivity contribution in [3.05, 3.63) is 53.8 Å². The molecule has 35 heavy (non-hydrogen) atoms. The van der Waals surface area contributed by atoms with Gasteiger partial charge in [-0.25, -0.2) is 18.2 Å². The summed E-state index contributed by atoms with van der Waals surface area (Å²) in [6.07, 6.45) is -0.0875. The molecular weight excluding hydrogens is 455 g/mol. The SMILES string of the molecule is O=CN1C[C@@H](F)C[C@H]1Cc1c(-c2nc3cc(F)ccc3n2C[C@@H]2C[C@H](F)CN2)[nH]c2ccccc12. The highest BCUT2D eigenvalue weighted by Gasteiger charge is 2.33. The summed E-state index contributed by atoms with van der Waals surface area (Å²) in [7, 11) is 0. The van der Waals surface area contributed by atoms with Gasteiger partial charge in [-0.2, -0.15) is 0 Å². The van der Waals surface area contributed by atoms with Gasteiger partial charge >= 0.3 is 0 Å². The zero-order valence-corrected chi connectivity index (χ0v) is 19.1. The minimum Gasteiger partial charge on any atom is -0.352 e. The molecule has 0 bridgehead atoms. The van der Waals surface area contributed by atoms with Gasteiger partial charge in [0.25, 0.3) is 0 Å². The van der Waals surface area contributed by atoms with Crippen LogP contribution >= 0.6 is 0 Å². The summed E-state index contributed by atoms with van der Waals surface area (Å²) >= 11 is 0. The number of fused-ring (bicyclic) bond motifs is 2. The van der Waals surface area contributed by atoms with Crippen LogP contribution in [0.1, 0.15) is 18.4 Å². The lowest BCUT2D eigenvalue weighted by Crippen LogP contribution is -2.30. The molecule has 4 aromatic rings. The van der Waals surface area contributed by atoms with Crippen LogP contribution in [0.15, 0.2) is 42.5 Å². The Labute approximate surface area is 200 Å². The van der Waals surface area contributed by atoms with Crippen LogP contribution in [0.4, 0.5) is 13.2 Å². The number of nitrogens with zero attached hydrogens (tertiary/aromatic N) is 3. The second kappa shape index (κ2) is 8.71. The average molecular weight is 482 g/mol. The second-order valence-electron chi connectivity index (χ2n) is 9.63. The maximum atomic E-state index is 14.2. The van der Waals surface area contributed by atoms with Gasteiger partial charge in [0.15, 0.2) is 5.82 Å². The summed E-state index contributed by atoms with van der Waals surface area (Å²) in [4.78, 5) is 21.4. The largest absolute Gasteiger partial charge is 0.352 e. The minimum atomic E-state index is -1.05. The number of H-pyrrole nitrogens is 1. The number of nitrogens with one attached hydrogen (secondary N) is 2. The smallest absolute Gasteiger partial charge is 0.210 e. The van der Waals surface area contributed by atoms with Crippen LogP contribution in [-0.4, -0.2) is 63.4 Å². The monoisotopic (exact) mass is 481 g/mol. The van der Waals surface area contributed by atoms with Gasteiger partial charge in [0.2, 0.25) is 6.41 Å². The van der Waals surface area contributed by atoms with Crippen LogP contribution in [0.3, 0.4) is 0 Å². The third kappa shape index (κ3) is 3.97. The first-order valence-corrected chi connectivity index (χ1v) is 12.0. The number of aromatic amines is 1. The van der Waals surface area contributed by atoms with E-state index in [0.29, 0.717) is 37.3 Å². The number of hydrogen-bond donors (Lipinski definition) is 2. The van der Waals surface area contributed by atoms with Gasteiger partial charge in [0.05, 0.1) is 23.3 Å². The van der Waals surface area contributed by atoms with Crippen molar-refractivity contribution in [2.45, 2.75) is 50.2 Å². The zero-order valence-electron chi connectivity index (χ0n) is 19.1. The first kappa shape index (κ1) is 22.2. The maximum Gasteiger partial charge on any atom is 0.210 e. The summed E-state index contributed by atoms with van der Waals surface area (Å²) < 4.78 is 44.2. The number of rotatable bonds is 6. The molecule has 2 saturated heterocycles. The highest BCUT2D eigenvalue weighted by Crippen LogP contribution is 2.35. The molecule has 2 fully saturated rings. The molecular formula is C26H26F3N5O. The number of benzene rings is 2. The Kier molecular flexibility index (Phi) is 5.51. The van der Waals surface area contributed by atoms with E-state index in [1.165, 1.54) is 17.0 Å². The first-order chi connectivity index (χ1) is 17.0. The lowest BCUT2D eigenvalue weighted by Gasteiger charge is -2.20. The number of halogens is 3. The average Bonchev–Trinajstić information content (AvgIpc) is 3.60. The number of carbonyl (C=O) groups is 1. The van der Waals surface area contributed by atoms with Gasteiger partial charge in [-0.15, -0.1) is 0 Å². The lowest BCUT2D eigenvalue weighted by molar-refractivity contribution is -0.118. The summed E-state index contributed by atoms with van der Waals surface area (Å²) in [5.41, 5.74) is 3.86. The predicted molar refractivity (Wildman–Crippen MR) is 128 cm³/mol. The number of alkyl halides is 2. The molecule has 2 aliphatic heterocycles. The third-order valence-corrected chi connectivity index (χ3v) is 7.30. The summed E-state index contributed by atoms with van der Waals surface area (Å²) in [6, 6.07) is 12.0. The molecule has 182 valence electrons. The molecule has 1 amide bonds. The van der Waals surface area contributed by atoms with Crippen LogP contribution in [-0.2, 0) is 17.8 Å². The summed E-state index contributed by atoms with van der Waals surface area (Å²) in [5, 5.41) is 4.20. The van der Waals surface area contributed by atoms with Gasteiger partial charge in [0, 0.05) is 48.6 Å². The fourth-order valence-corrected chi connectivity index (χ4v) is 5.66. The lowest BCUT2D eigenvalue weighted by atomic mass is 10.00. The number of imidazole rings is 1. The van der Waals surface area contributed by atoms with E-state index in [2.05, 4.69) is 10.3 Å². The number of hydrogen-bond acceptors (Lipinski definition) is 3. The van der Waals surface area contributed by atoms with E-state index in [1.54, 1.807) is 6.07 Å². The molecule has 0 radical (unpaired) electrons. The number of likely N-dealkylation sites (tertiary alicyclic amines) is 1. The van der Waals surface area contributed by atoms with Crippen molar-refractivity contribution in [1.29, 1.82) is 0 Å². The first-order valence-electron chi connectivity index (χ1n) is 12.0. The van der Waals surface area contributed by atoms with Crippen LogP contribution in [0.25, 0.3) is 33.5 Å². The normalized spacial score (nSPS) is 24.7. The second-order valence-corrected chi connectivity index (χ2v) is 9.63. The van der Waals surface area contributed by atoms with Crippen molar-refractivity contribution in [2.75, 3.05) is 13.1 Å². The van der Waals surface area contributed by atoms with Gasteiger partial charge in [-0.05, 0) is 36.6 Å². The number of aromatic nitrogens is 3. The Morgan fingerprint density at radius 3 is 2.77 bits per heavy atom. The van der Waals surface area contributed by atoms with E-state index < -0.39 is 12.3 Å². The van der Waals surface area contributed by atoms with Crippen molar-refractivity contribution in [3.8, 4) is 11.5 Å². The highest BCUT2D eigenvalue weighted by atomic mass is 19.1. The Bertz CT molecular complexity index is 1400. The number of amides is 1. The molecule has 6 nitrogen and oxygen atoms in total. The van der Waals surface area contributed by atoms with Crippen molar-refractivity contribution in [3.63, 3.8) is 0 Å². The molecule has 0 aliphatic carbocycles. The van der Waals surface area contributed by atoms with E-state index in [0.717, 1.165) is 34.1 Å². The number of carbonyl (C=O) groups excluding carboxylic acids is 1. The fraction of sp³-hybridized carbons (Fsp3) is 0.385. The Morgan fingerprint density at radius 1 is 1.11 bits per heavy atom. The molecule has 2 aromatic heterocycles. The van der Waals surface area contributed by atoms with E-state index in [-0.39, 0.29) is 30.9 Å².